The van der Waals surface area contributed by atoms with E-state index in [1.807, 2.05) is 13.0 Å². The number of aryl methyl sites for hydroxylation is 1. The van der Waals surface area contributed by atoms with Gasteiger partial charge in [-0.1, -0.05) is 18.0 Å². The molecule has 1 aromatic rings. The zero-order valence-corrected chi connectivity index (χ0v) is 11.1. The smallest absolute Gasteiger partial charge is 0.150 e. The van der Waals surface area contributed by atoms with Crippen molar-refractivity contribution in [3.8, 4) is 0 Å². The van der Waals surface area contributed by atoms with Gasteiger partial charge in [0.05, 0.1) is 17.8 Å². The number of aromatic nitrogens is 1. The largest absolute Gasteiger partial charge is 0.375 e. The van der Waals surface area contributed by atoms with Crippen molar-refractivity contribution in [1.29, 1.82) is 0 Å². The molecule has 4 heteroatoms. The van der Waals surface area contributed by atoms with Crippen molar-refractivity contribution in [3.63, 3.8) is 0 Å². The molecular formula is C14H22N2O2. The molecule has 0 aromatic carbocycles. The Kier molecular flexibility index (Phi) is 3.39. The fourth-order valence-electron chi connectivity index (χ4n) is 3.31. The van der Waals surface area contributed by atoms with Gasteiger partial charge in [0.1, 0.15) is 0 Å². The highest BCUT2D eigenvalue weighted by atomic mass is 16.5. The lowest BCUT2D eigenvalue weighted by Crippen LogP contribution is -2.45. The Morgan fingerprint density at radius 1 is 1.44 bits per heavy atom. The van der Waals surface area contributed by atoms with Gasteiger partial charge >= 0.3 is 0 Å². The summed E-state index contributed by atoms with van der Waals surface area (Å²) in [5.41, 5.74) is 1.14. The molecule has 2 heterocycles. The zero-order valence-electron chi connectivity index (χ0n) is 11.1. The fourth-order valence-corrected chi connectivity index (χ4v) is 3.31. The summed E-state index contributed by atoms with van der Waals surface area (Å²) in [4.78, 5) is 0. The maximum Gasteiger partial charge on any atom is 0.150 e. The highest BCUT2D eigenvalue weighted by molar-refractivity contribution is 5.03. The predicted octanol–water partition coefficient (Wildman–Crippen LogP) is 2.56. The number of nitrogens with one attached hydrogen (secondary N) is 1. The Balaban J connectivity index is 1.53. The van der Waals surface area contributed by atoms with Gasteiger partial charge in [0.15, 0.2) is 5.76 Å². The average Bonchev–Trinajstić information content (AvgIpc) is 2.97. The Morgan fingerprint density at radius 2 is 2.28 bits per heavy atom. The molecular weight excluding hydrogens is 228 g/mol. The van der Waals surface area contributed by atoms with Gasteiger partial charge in [-0.25, -0.2) is 0 Å². The summed E-state index contributed by atoms with van der Waals surface area (Å²) >= 11 is 0. The molecule has 1 spiro atoms. The highest BCUT2D eigenvalue weighted by Crippen LogP contribution is 2.39. The molecule has 0 amide bonds. The van der Waals surface area contributed by atoms with Crippen LogP contribution in [0.2, 0.25) is 0 Å². The molecule has 3 rings (SSSR count). The second-order valence-electron chi connectivity index (χ2n) is 5.74. The van der Waals surface area contributed by atoms with Crippen LogP contribution in [0.4, 0.5) is 0 Å². The maximum atomic E-state index is 6.04. The fraction of sp³-hybridized carbons (Fsp3) is 0.786. The van der Waals surface area contributed by atoms with E-state index in [2.05, 4.69) is 10.5 Å². The van der Waals surface area contributed by atoms with Crippen LogP contribution in [-0.4, -0.2) is 23.4 Å². The molecule has 1 aromatic heterocycles. The minimum atomic E-state index is 0.188. The average molecular weight is 250 g/mol. The second-order valence-corrected chi connectivity index (χ2v) is 5.74. The van der Waals surface area contributed by atoms with Crippen molar-refractivity contribution in [1.82, 2.24) is 10.5 Å². The molecule has 1 unspecified atom stereocenters. The van der Waals surface area contributed by atoms with Gasteiger partial charge in [-0.15, -0.1) is 0 Å². The van der Waals surface area contributed by atoms with E-state index < -0.39 is 0 Å². The van der Waals surface area contributed by atoms with E-state index in [0.717, 1.165) is 37.4 Å². The van der Waals surface area contributed by atoms with Gasteiger partial charge in [-0.2, -0.15) is 0 Å². The van der Waals surface area contributed by atoms with Gasteiger partial charge in [-0.3, -0.25) is 0 Å². The monoisotopic (exact) mass is 250 g/mol. The third kappa shape index (κ3) is 2.59. The summed E-state index contributed by atoms with van der Waals surface area (Å²) in [6.45, 7) is 3.63. The van der Waals surface area contributed by atoms with Crippen molar-refractivity contribution >= 4 is 0 Å². The molecule has 100 valence electrons. The Labute approximate surface area is 108 Å². The van der Waals surface area contributed by atoms with Crippen LogP contribution in [0.3, 0.4) is 0 Å². The molecule has 1 atom stereocenters. The third-order valence-electron chi connectivity index (χ3n) is 4.25. The van der Waals surface area contributed by atoms with Crippen molar-refractivity contribution in [2.45, 2.75) is 63.6 Å². The lowest BCUT2D eigenvalue weighted by molar-refractivity contribution is -0.0839. The number of hydrogen-bond acceptors (Lipinski definition) is 4. The minimum absolute atomic E-state index is 0.188. The summed E-state index contributed by atoms with van der Waals surface area (Å²) < 4.78 is 11.3. The molecule has 1 aliphatic heterocycles. The van der Waals surface area contributed by atoms with Crippen LogP contribution in [0.25, 0.3) is 0 Å². The summed E-state index contributed by atoms with van der Waals surface area (Å²) in [7, 11) is 0. The van der Waals surface area contributed by atoms with E-state index in [1.54, 1.807) is 0 Å². The first kappa shape index (κ1) is 12.2. The van der Waals surface area contributed by atoms with Crippen LogP contribution in [0, 0.1) is 6.92 Å². The first-order chi connectivity index (χ1) is 8.76. The third-order valence-corrected chi connectivity index (χ3v) is 4.25. The van der Waals surface area contributed by atoms with Crippen LogP contribution in [0.15, 0.2) is 10.6 Å². The predicted molar refractivity (Wildman–Crippen MR) is 68.3 cm³/mol. The van der Waals surface area contributed by atoms with E-state index in [-0.39, 0.29) is 5.60 Å². The van der Waals surface area contributed by atoms with Crippen molar-refractivity contribution < 1.29 is 9.26 Å². The highest BCUT2D eigenvalue weighted by Gasteiger charge is 2.39. The van der Waals surface area contributed by atoms with Crippen LogP contribution in [0.1, 0.15) is 50.0 Å². The normalized spacial score (nSPS) is 26.8. The van der Waals surface area contributed by atoms with Crippen LogP contribution in [-0.2, 0) is 11.3 Å². The van der Waals surface area contributed by atoms with Crippen molar-refractivity contribution in [2.75, 3.05) is 6.61 Å². The molecule has 2 aliphatic rings. The standard InChI is InChI=1S/C14H22N2O2/c1-11-8-13(18-16-11)10-15-12-4-7-17-14(9-12)5-2-3-6-14/h8,12,15H,2-7,9-10H2,1H3. The second kappa shape index (κ2) is 5.02. The first-order valence-electron chi connectivity index (χ1n) is 7.05. The number of nitrogens with zero attached hydrogens (tertiary/aromatic N) is 1. The van der Waals surface area contributed by atoms with Gasteiger partial charge < -0.3 is 14.6 Å². The molecule has 2 fully saturated rings. The lowest BCUT2D eigenvalue weighted by atomic mass is 9.89. The lowest BCUT2D eigenvalue weighted by Gasteiger charge is -2.38. The molecule has 1 N–H and O–H groups in total. The molecule has 1 saturated heterocycles. The molecule has 0 radical (unpaired) electrons. The first-order valence-corrected chi connectivity index (χ1v) is 7.05. The van der Waals surface area contributed by atoms with Gasteiger partial charge in [0.25, 0.3) is 0 Å². The van der Waals surface area contributed by atoms with Crippen LogP contribution >= 0.6 is 0 Å². The molecule has 4 nitrogen and oxygen atoms in total. The molecule has 0 bridgehead atoms. The van der Waals surface area contributed by atoms with E-state index in [4.69, 9.17) is 9.26 Å². The Bertz CT molecular complexity index is 396. The quantitative estimate of drug-likeness (QED) is 0.895. The summed E-state index contributed by atoms with van der Waals surface area (Å²) in [6.07, 6.45) is 7.40. The maximum absolute atomic E-state index is 6.04. The summed E-state index contributed by atoms with van der Waals surface area (Å²) in [5, 5.41) is 7.50. The van der Waals surface area contributed by atoms with Gasteiger partial charge in [0.2, 0.25) is 0 Å². The Morgan fingerprint density at radius 3 is 3.00 bits per heavy atom. The topological polar surface area (TPSA) is 47.3 Å². The zero-order chi connectivity index (χ0) is 12.4. The molecule has 1 aliphatic carbocycles. The summed E-state index contributed by atoms with van der Waals surface area (Å²) in [5.74, 6) is 0.930. The summed E-state index contributed by atoms with van der Waals surface area (Å²) in [6, 6.07) is 2.56. The number of rotatable bonds is 3. The molecule has 1 saturated carbocycles. The van der Waals surface area contributed by atoms with Crippen LogP contribution < -0.4 is 5.32 Å². The van der Waals surface area contributed by atoms with E-state index >= 15 is 0 Å². The van der Waals surface area contributed by atoms with Crippen LogP contribution in [0.5, 0.6) is 0 Å². The van der Waals surface area contributed by atoms with Gasteiger partial charge in [-0.05, 0) is 32.6 Å². The van der Waals surface area contributed by atoms with E-state index in [9.17, 15) is 0 Å². The van der Waals surface area contributed by atoms with E-state index in [1.165, 1.54) is 25.7 Å². The van der Waals surface area contributed by atoms with Crippen molar-refractivity contribution in [3.05, 3.63) is 17.5 Å². The number of ether oxygens (including phenoxy) is 1. The minimum Gasteiger partial charge on any atom is -0.375 e. The number of hydrogen-bond donors (Lipinski definition) is 1. The Hall–Kier alpha value is -0.870. The van der Waals surface area contributed by atoms with E-state index in [0.29, 0.717) is 6.04 Å². The van der Waals surface area contributed by atoms with Gasteiger partial charge in [0, 0.05) is 18.7 Å². The van der Waals surface area contributed by atoms with Crippen molar-refractivity contribution in [2.24, 2.45) is 0 Å². The SMILES string of the molecule is Cc1cc(CNC2CCOC3(CCCC3)C2)on1. The molecule has 18 heavy (non-hydrogen) atoms.